The molecule has 1 amide bonds. The van der Waals surface area contributed by atoms with E-state index in [1.165, 1.54) is 41.3 Å². The molecule has 9 heteroatoms. The van der Waals surface area contributed by atoms with Gasteiger partial charge in [-0.05, 0) is 30.7 Å². The van der Waals surface area contributed by atoms with Crippen molar-refractivity contribution in [1.29, 1.82) is 0 Å². The molecule has 0 fully saturated rings. The van der Waals surface area contributed by atoms with Crippen LogP contribution in [-0.2, 0) is 5.75 Å². The highest BCUT2D eigenvalue weighted by molar-refractivity contribution is 8.00. The number of thioether (sulfide) groups is 1. The van der Waals surface area contributed by atoms with Crippen molar-refractivity contribution < 1.29 is 9.18 Å². The number of aromatic nitrogens is 3. The van der Waals surface area contributed by atoms with Crippen LogP contribution in [0.1, 0.15) is 21.6 Å². The Morgan fingerprint density at radius 3 is 2.86 bits per heavy atom. The first-order valence-electron chi connectivity index (χ1n) is 8.65. The van der Waals surface area contributed by atoms with E-state index in [2.05, 4.69) is 20.5 Å². The number of hydrogen-bond donors (Lipinski definition) is 2. The molecule has 2 aromatic carbocycles. The van der Waals surface area contributed by atoms with Gasteiger partial charge in [0.05, 0.1) is 5.52 Å². The zero-order chi connectivity index (χ0) is 20.4. The molecule has 2 aromatic heterocycles. The summed E-state index contributed by atoms with van der Waals surface area (Å²) in [6.07, 6.45) is 0. The van der Waals surface area contributed by atoms with Crippen LogP contribution in [-0.4, -0.2) is 21.1 Å². The molecule has 0 aliphatic carbocycles. The number of hydrogen-bond acceptors (Lipinski definition) is 6. The molecule has 2 heterocycles. The molecule has 0 saturated carbocycles. The van der Waals surface area contributed by atoms with Gasteiger partial charge in [-0.1, -0.05) is 47.4 Å². The van der Waals surface area contributed by atoms with Crippen LogP contribution in [0.2, 0.25) is 0 Å². The third-order valence-corrected chi connectivity index (χ3v) is 6.26. The summed E-state index contributed by atoms with van der Waals surface area (Å²) in [5, 5.41) is 11.5. The second-order valence-electron chi connectivity index (χ2n) is 6.25. The number of nitrogens with one attached hydrogen (secondary N) is 2. The SMILES string of the molecule is Cc1ccccc1C(=O)Nc1nnc(SCc2cc(=O)c3cccc(F)c3[nH]2)s1. The van der Waals surface area contributed by atoms with Crippen molar-refractivity contribution in [1.82, 2.24) is 15.2 Å². The number of amides is 1. The fraction of sp³-hybridized carbons (Fsp3) is 0.100. The minimum atomic E-state index is -0.469. The number of nitrogens with zero attached hydrogens (tertiary/aromatic N) is 2. The van der Waals surface area contributed by atoms with Crippen molar-refractivity contribution >= 4 is 45.0 Å². The van der Waals surface area contributed by atoms with E-state index in [4.69, 9.17) is 0 Å². The standard InChI is InChI=1S/C20H15FN4O2S2/c1-11-5-2-3-6-13(11)18(27)23-19-24-25-20(29-19)28-10-12-9-16(26)14-7-4-8-15(21)17(14)22-12/h2-9H,10H2,1H3,(H,22,26)(H,23,24,27). The monoisotopic (exact) mass is 426 g/mol. The predicted molar refractivity (Wildman–Crippen MR) is 113 cm³/mol. The van der Waals surface area contributed by atoms with Crippen molar-refractivity contribution in [3.05, 3.63) is 81.4 Å². The fourth-order valence-electron chi connectivity index (χ4n) is 2.82. The van der Waals surface area contributed by atoms with Crippen LogP contribution in [0.25, 0.3) is 10.9 Å². The lowest BCUT2D eigenvalue weighted by atomic mass is 10.1. The van der Waals surface area contributed by atoms with Gasteiger partial charge < -0.3 is 4.98 Å². The van der Waals surface area contributed by atoms with Gasteiger partial charge in [0.25, 0.3) is 5.91 Å². The van der Waals surface area contributed by atoms with E-state index in [0.29, 0.717) is 31.9 Å². The largest absolute Gasteiger partial charge is 0.355 e. The van der Waals surface area contributed by atoms with E-state index in [-0.39, 0.29) is 16.9 Å². The maximum absolute atomic E-state index is 14.0. The third-order valence-electron chi connectivity index (χ3n) is 4.24. The highest BCUT2D eigenvalue weighted by Gasteiger charge is 2.13. The molecule has 146 valence electrons. The Hall–Kier alpha value is -3.04. The molecule has 29 heavy (non-hydrogen) atoms. The Labute approximate surface area is 173 Å². The number of rotatable bonds is 5. The van der Waals surface area contributed by atoms with Gasteiger partial charge in [-0.3, -0.25) is 14.9 Å². The summed E-state index contributed by atoms with van der Waals surface area (Å²) in [6.45, 7) is 1.86. The number of carbonyl (C=O) groups is 1. The van der Waals surface area contributed by atoms with Crippen LogP contribution < -0.4 is 10.7 Å². The van der Waals surface area contributed by atoms with Crippen LogP contribution in [0.5, 0.6) is 0 Å². The molecule has 0 atom stereocenters. The first kappa shape index (κ1) is 19.3. The Balaban J connectivity index is 1.45. The van der Waals surface area contributed by atoms with E-state index in [9.17, 15) is 14.0 Å². The van der Waals surface area contributed by atoms with E-state index in [1.54, 1.807) is 18.2 Å². The summed E-state index contributed by atoms with van der Waals surface area (Å²) in [5.41, 5.74) is 1.99. The maximum atomic E-state index is 14.0. The number of halogens is 1. The van der Waals surface area contributed by atoms with Crippen LogP contribution in [0, 0.1) is 12.7 Å². The first-order valence-corrected chi connectivity index (χ1v) is 10.4. The minimum absolute atomic E-state index is 0.194. The second kappa shape index (κ2) is 8.14. The molecule has 0 spiro atoms. The summed E-state index contributed by atoms with van der Waals surface area (Å²) in [5.74, 6) is -0.325. The number of benzene rings is 2. The predicted octanol–water partition coefficient (Wildman–Crippen LogP) is 4.37. The molecule has 6 nitrogen and oxygen atoms in total. The Morgan fingerprint density at radius 1 is 1.21 bits per heavy atom. The molecule has 0 saturated heterocycles. The Bertz CT molecular complexity index is 1270. The molecular formula is C20H15FN4O2S2. The van der Waals surface area contributed by atoms with E-state index >= 15 is 0 Å². The molecule has 2 N–H and O–H groups in total. The lowest BCUT2D eigenvalue weighted by molar-refractivity contribution is 0.102. The van der Waals surface area contributed by atoms with Crippen molar-refractivity contribution in [3.8, 4) is 0 Å². The number of aryl methyl sites for hydroxylation is 1. The molecule has 4 aromatic rings. The normalized spacial score (nSPS) is 11.0. The highest BCUT2D eigenvalue weighted by atomic mass is 32.2. The molecule has 0 bridgehead atoms. The lowest BCUT2D eigenvalue weighted by Crippen LogP contribution is -2.12. The zero-order valence-corrected chi connectivity index (χ0v) is 16.9. The van der Waals surface area contributed by atoms with Crippen LogP contribution in [0.15, 0.2) is 57.7 Å². The molecular weight excluding hydrogens is 411 g/mol. The van der Waals surface area contributed by atoms with Gasteiger partial charge in [0.2, 0.25) is 5.13 Å². The summed E-state index contributed by atoms with van der Waals surface area (Å²) in [4.78, 5) is 27.5. The minimum Gasteiger partial charge on any atom is -0.355 e. The zero-order valence-electron chi connectivity index (χ0n) is 15.2. The van der Waals surface area contributed by atoms with Gasteiger partial charge in [-0.15, -0.1) is 10.2 Å². The van der Waals surface area contributed by atoms with Crippen LogP contribution in [0.4, 0.5) is 9.52 Å². The van der Waals surface area contributed by atoms with Crippen molar-refractivity contribution in [3.63, 3.8) is 0 Å². The average Bonchev–Trinajstić information content (AvgIpc) is 3.15. The molecule has 4 rings (SSSR count). The van der Waals surface area contributed by atoms with E-state index in [0.717, 1.165) is 5.56 Å². The average molecular weight is 426 g/mol. The quantitative estimate of drug-likeness (QED) is 0.365. The maximum Gasteiger partial charge on any atom is 0.257 e. The van der Waals surface area contributed by atoms with E-state index < -0.39 is 5.82 Å². The molecule has 0 aliphatic heterocycles. The summed E-state index contributed by atoms with van der Waals surface area (Å²) < 4.78 is 14.6. The molecule has 0 aliphatic rings. The number of H-pyrrole nitrogens is 1. The van der Waals surface area contributed by atoms with Crippen LogP contribution in [0.3, 0.4) is 0 Å². The Morgan fingerprint density at radius 2 is 2.03 bits per heavy atom. The van der Waals surface area contributed by atoms with Gasteiger partial charge in [0.1, 0.15) is 5.82 Å². The number of fused-ring (bicyclic) bond motifs is 1. The highest BCUT2D eigenvalue weighted by Crippen LogP contribution is 2.28. The van der Waals surface area contributed by atoms with E-state index in [1.807, 2.05) is 19.1 Å². The summed E-state index contributed by atoms with van der Waals surface area (Å²) in [7, 11) is 0. The second-order valence-corrected chi connectivity index (χ2v) is 8.45. The number of carbonyl (C=O) groups excluding carboxylic acids is 1. The third kappa shape index (κ3) is 4.20. The number of pyridine rings is 1. The van der Waals surface area contributed by atoms with Crippen molar-refractivity contribution in [2.45, 2.75) is 17.0 Å². The van der Waals surface area contributed by atoms with Gasteiger partial charge >= 0.3 is 0 Å². The van der Waals surface area contributed by atoms with Crippen molar-refractivity contribution in [2.24, 2.45) is 0 Å². The summed E-state index contributed by atoms with van der Waals surface area (Å²) >= 11 is 2.58. The number of aromatic amines is 1. The van der Waals surface area contributed by atoms with Gasteiger partial charge in [0, 0.05) is 28.5 Å². The van der Waals surface area contributed by atoms with Gasteiger partial charge in [-0.25, -0.2) is 4.39 Å². The number of anilines is 1. The topological polar surface area (TPSA) is 87.7 Å². The van der Waals surface area contributed by atoms with Crippen LogP contribution >= 0.6 is 23.1 Å². The van der Waals surface area contributed by atoms with Gasteiger partial charge in [0.15, 0.2) is 9.77 Å². The Kier molecular flexibility index (Phi) is 5.41. The smallest absolute Gasteiger partial charge is 0.257 e. The lowest BCUT2D eigenvalue weighted by Gasteiger charge is -2.04. The number of para-hydroxylation sites is 1. The first-order chi connectivity index (χ1) is 14.0. The molecule has 0 unspecified atom stereocenters. The molecule has 0 radical (unpaired) electrons. The van der Waals surface area contributed by atoms with Gasteiger partial charge in [-0.2, -0.15) is 0 Å². The van der Waals surface area contributed by atoms with Crippen molar-refractivity contribution in [2.75, 3.05) is 5.32 Å². The summed E-state index contributed by atoms with van der Waals surface area (Å²) in [6, 6.07) is 13.1. The fourth-order valence-corrected chi connectivity index (χ4v) is 4.47.